The van der Waals surface area contributed by atoms with E-state index in [1.807, 2.05) is 24.3 Å². The highest BCUT2D eigenvalue weighted by molar-refractivity contribution is 7.16. The molecule has 0 saturated heterocycles. The first-order valence-electron chi connectivity index (χ1n) is 6.03. The Kier molecular flexibility index (Phi) is 5.05. The third-order valence-electron chi connectivity index (χ3n) is 2.70. The van der Waals surface area contributed by atoms with Gasteiger partial charge in [0.05, 0.1) is 4.34 Å². The van der Waals surface area contributed by atoms with Crippen LogP contribution in [0, 0.1) is 0 Å². The van der Waals surface area contributed by atoms with Gasteiger partial charge in [0.15, 0.2) is 0 Å². The van der Waals surface area contributed by atoms with Crippen molar-refractivity contribution in [1.29, 1.82) is 0 Å². The fraction of sp³-hybridized carbons (Fsp3) is 0.286. The molecule has 1 heterocycles. The van der Waals surface area contributed by atoms with E-state index in [-0.39, 0.29) is 0 Å². The SMILES string of the molecule is Nc1cccc(CCCNCc2ccc(Cl)s2)c1. The molecule has 1 aromatic heterocycles. The molecule has 0 aliphatic heterocycles. The lowest BCUT2D eigenvalue weighted by atomic mass is 10.1. The summed E-state index contributed by atoms with van der Waals surface area (Å²) in [4.78, 5) is 1.28. The van der Waals surface area contributed by atoms with Gasteiger partial charge < -0.3 is 11.1 Å². The molecule has 0 fully saturated rings. The molecule has 0 bridgehead atoms. The minimum Gasteiger partial charge on any atom is -0.399 e. The van der Waals surface area contributed by atoms with Crippen molar-refractivity contribution in [3.05, 3.63) is 51.2 Å². The predicted molar refractivity (Wildman–Crippen MR) is 80.2 cm³/mol. The fourth-order valence-electron chi connectivity index (χ4n) is 1.82. The Labute approximate surface area is 117 Å². The number of nitrogen functional groups attached to an aromatic ring is 1. The Morgan fingerprint density at radius 1 is 1.22 bits per heavy atom. The minimum atomic E-state index is 0.841. The lowest BCUT2D eigenvalue weighted by Crippen LogP contribution is -2.14. The zero-order valence-corrected chi connectivity index (χ0v) is 11.7. The largest absolute Gasteiger partial charge is 0.399 e. The number of anilines is 1. The molecule has 2 aromatic rings. The predicted octanol–water partition coefficient (Wildman–Crippen LogP) is 3.71. The van der Waals surface area contributed by atoms with Crippen molar-refractivity contribution < 1.29 is 0 Å². The molecule has 0 atom stereocenters. The number of hydrogen-bond donors (Lipinski definition) is 2. The second-order valence-electron chi connectivity index (χ2n) is 4.23. The van der Waals surface area contributed by atoms with Gasteiger partial charge in [-0.1, -0.05) is 23.7 Å². The van der Waals surface area contributed by atoms with E-state index in [0.717, 1.165) is 36.0 Å². The third kappa shape index (κ3) is 4.33. The average Bonchev–Trinajstić information content (AvgIpc) is 2.75. The molecular formula is C14H17ClN2S. The summed E-state index contributed by atoms with van der Waals surface area (Å²) < 4.78 is 0.853. The van der Waals surface area contributed by atoms with Gasteiger partial charge in [0.1, 0.15) is 0 Å². The van der Waals surface area contributed by atoms with Crippen LogP contribution in [0.15, 0.2) is 36.4 Å². The Morgan fingerprint density at radius 3 is 2.83 bits per heavy atom. The van der Waals surface area contributed by atoms with Crippen LogP contribution in [0.3, 0.4) is 0 Å². The third-order valence-corrected chi connectivity index (χ3v) is 3.93. The lowest BCUT2D eigenvalue weighted by Gasteiger charge is -2.04. The molecule has 2 rings (SSSR count). The maximum absolute atomic E-state index is 5.87. The van der Waals surface area contributed by atoms with Gasteiger partial charge in [-0.05, 0) is 49.2 Å². The molecule has 0 saturated carbocycles. The van der Waals surface area contributed by atoms with Crippen molar-refractivity contribution in [2.24, 2.45) is 0 Å². The number of aryl methyl sites for hydroxylation is 1. The van der Waals surface area contributed by atoms with Crippen LogP contribution < -0.4 is 11.1 Å². The van der Waals surface area contributed by atoms with Crippen molar-refractivity contribution in [2.45, 2.75) is 19.4 Å². The Bertz CT molecular complexity index is 496. The minimum absolute atomic E-state index is 0.841. The number of benzene rings is 1. The summed E-state index contributed by atoms with van der Waals surface area (Å²) in [5, 5.41) is 3.42. The normalized spacial score (nSPS) is 10.7. The molecule has 2 nitrogen and oxygen atoms in total. The molecule has 18 heavy (non-hydrogen) atoms. The summed E-state index contributed by atoms with van der Waals surface area (Å²) in [5.41, 5.74) is 7.88. The van der Waals surface area contributed by atoms with Gasteiger partial charge in [-0.15, -0.1) is 11.3 Å². The van der Waals surface area contributed by atoms with Crippen molar-refractivity contribution >= 4 is 28.6 Å². The molecule has 0 aliphatic rings. The van der Waals surface area contributed by atoms with Crippen LogP contribution in [0.25, 0.3) is 0 Å². The van der Waals surface area contributed by atoms with E-state index < -0.39 is 0 Å². The summed E-state index contributed by atoms with van der Waals surface area (Å²) in [6.07, 6.45) is 2.17. The van der Waals surface area contributed by atoms with Crippen LogP contribution >= 0.6 is 22.9 Å². The number of rotatable bonds is 6. The number of nitrogens with one attached hydrogen (secondary N) is 1. The molecule has 1 aromatic carbocycles. The molecule has 0 amide bonds. The van der Waals surface area contributed by atoms with Crippen LogP contribution in [0.5, 0.6) is 0 Å². The van der Waals surface area contributed by atoms with Gasteiger partial charge in [0, 0.05) is 17.1 Å². The van der Waals surface area contributed by atoms with Crippen molar-refractivity contribution in [1.82, 2.24) is 5.32 Å². The molecule has 0 radical (unpaired) electrons. The maximum atomic E-state index is 5.87. The van der Waals surface area contributed by atoms with Crippen molar-refractivity contribution in [2.75, 3.05) is 12.3 Å². The Morgan fingerprint density at radius 2 is 2.11 bits per heavy atom. The second-order valence-corrected chi connectivity index (χ2v) is 6.03. The summed E-state index contributed by atoms with van der Waals surface area (Å²) in [7, 11) is 0. The summed E-state index contributed by atoms with van der Waals surface area (Å²) in [5.74, 6) is 0. The summed E-state index contributed by atoms with van der Waals surface area (Å²) >= 11 is 7.50. The van der Waals surface area contributed by atoms with Gasteiger partial charge in [-0.3, -0.25) is 0 Å². The maximum Gasteiger partial charge on any atom is 0.0931 e. The van der Waals surface area contributed by atoms with Crippen molar-refractivity contribution in [3.8, 4) is 0 Å². The van der Waals surface area contributed by atoms with Crippen LogP contribution in [0.2, 0.25) is 4.34 Å². The molecule has 4 heteroatoms. The van der Waals surface area contributed by atoms with Gasteiger partial charge in [-0.2, -0.15) is 0 Å². The fourth-order valence-corrected chi connectivity index (χ4v) is 2.88. The van der Waals surface area contributed by atoms with E-state index in [4.69, 9.17) is 17.3 Å². The molecule has 3 N–H and O–H groups in total. The zero-order chi connectivity index (χ0) is 12.8. The van der Waals surface area contributed by atoms with E-state index in [1.54, 1.807) is 11.3 Å². The van der Waals surface area contributed by atoms with Crippen LogP contribution in [0.4, 0.5) is 5.69 Å². The highest BCUT2D eigenvalue weighted by atomic mass is 35.5. The van der Waals surface area contributed by atoms with E-state index in [9.17, 15) is 0 Å². The van der Waals surface area contributed by atoms with E-state index in [0.29, 0.717) is 0 Å². The highest BCUT2D eigenvalue weighted by Gasteiger charge is 1.98. The van der Waals surface area contributed by atoms with Gasteiger partial charge >= 0.3 is 0 Å². The Balaban J connectivity index is 1.64. The van der Waals surface area contributed by atoms with Gasteiger partial charge in [-0.25, -0.2) is 0 Å². The Hall–Kier alpha value is -1.03. The topological polar surface area (TPSA) is 38.0 Å². The molecule has 0 unspecified atom stereocenters. The number of nitrogens with two attached hydrogens (primary N) is 1. The summed E-state index contributed by atoms with van der Waals surface area (Å²) in [6.45, 7) is 1.90. The quantitative estimate of drug-likeness (QED) is 0.625. The van der Waals surface area contributed by atoms with Crippen LogP contribution in [-0.2, 0) is 13.0 Å². The molecule has 0 aliphatic carbocycles. The van der Waals surface area contributed by atoms with Crippen molar-refractivity contribution in [3.63, 3.8) is 0 Å². The highest BCUT2D eigenvalue weighted by Crippen LogP contribution is 2.20. The monoisotopic (exact) mass is 280 g/mol. The summed E-state index contributed by atoms with van der Waals surface area (Å²) in [6, 6.07) is 12.1. The first-order chi connectivity index (χ1) is 8.74. The molecule has 0 spiro atoms. The van der Waals surface area contributed by atoms with E-state index in [1.165, 1.54) is 10.4 Å². The number of halogens is 1. The van der Waals surface area contributed by atoms with Crippen LogP contribution in [-0.4, -0.2) is 6.54 Å². The standard InChI is InChI=1S/C14H17ClN2S/c15-14-7-6-13(18-14)10-17-8-2-4-11-3-1-5-12(16)9-11/h1,3,5-7,9,17H,2,4,8,10,16H2. The molecular weight excluding hydrogens is 264 g/mol. The first-order valence-corrected chi connectivity index (χ1v) is 7.23. The average molecular weight is 281 g/mol. The van der Waals surface area contributed by atoms with Crippen LogP contribution in [0.1, 0.15) is 16.9 Å². The lowest BCUT2D eigenvalue weighted by molar-refractivity contribution is 0.654. The number of thiophene rings is 1. The number of hydrogen-bond acceptors (Lipinski definition) is 3. The van der Waals surface area contributed by atoms with E-state index >= 15 is 0 Å². The molecule has 96 valence electrons. The van der Waals surface area contributed by atoms with E-state index in [2.05, 4.69) is 17.4 Å². The smallest absolute Gasteiger partial charge is 0.0931 e. The van der Waals surface area contributed by atoms with Gasteiger partial charge in [0.25, 0.3) is 0 Å². The zero-order valence-electron chi connectivity index (χ0n) is 10.2. The second kappa shape index (κ2) is 6.78. The van der Waals surface area contributed by atoms with Gasteiger partial charge in [0.2, 0.25) is 0 Å². The first kappa shape index (κ1) is 13.4.